The Labute approximate surface area is 99.5 Å². The highest BCUT2D eigenvalue weighted by molar-refractivity contribution is 7.07. The van der Waals surface area contributed by atoms with Crippen LogP contribution in [0.1, 0.15) is 30.3 Å². The lowest BCUT2D eigenvalue weighted by Crippen LogP contribution is -2.49. The minimum atomic E-state index is 0.0478. The van der Waals surface area contributed by atoms with Crippen LogP contribution < -0.4 is 5.73 Å². The molecule has 2 unspecified atom stereocenters. The number of nitrogens with zero attached hydrogens (tertiary/aromatic N) is 2. The fraction of sp³-hybridized carbons (Fsp3) is 0.636. The predicted molar refractivity (Wildman–Crippen MR) is 64.4 cm³/mol. The molecule has 1 aromatic rings. The van der Waals surface area contributed by atoms with Crippen LogP contribution in [0.15, 0.2) is 10.9 Å². The molecule has 1 saturated heterocycles. The Morgan fingerprint density at radius 3 is 3.19 bits per heavy atom. The van der Waals surface area contributed by atoms with Crippen LogP contribution >= 0.6 is 11.3 Å². The van der Waals surface area contributed by atoms with Gasteiger partial charge in [0.1, 0.15) is 5.69 Å². The number of rotatable bonds is 2. The number of likely N-dealkylation sites (tertiary alicyclic amines) is 1. The summed E-state index contributed by atoms with van der Waals surface area (Å²) in [6.45, 7) is 3.66. The summed E-state index contributed by atoms with van der Waals surface area (Å²) in [5.74, 6) is 0.475. The van der Waals surface area contributed by atoms with E-state index in [1.165, 1.54) is 11.3 Å². The number of piperidine rings is 1. The minimum Gasteiger partial charge on any atom is -0.337 e. The molecule has 0 radical (unpaired) electrons. The number of carbonyl (C=O) groups excluding carboxylic acids is 1. The van der Waals surface area contributed by atoms with E-state index in [-0.39, 0.29) is 11.9 Å². The van der Waals surface area contributed by atoms with Crippen molar-refractivity contribution >= 4 is 17.2 Å². The van der Waals surface area contributed by atoms with Gasteiger partial charge in [0.05, 0.1) is 5.51 Å². The van der Waals surface area contributed by atoms with E-state index < -0.39 is 0 Å². The van der Waals surface area contributed by atoms with Crippen molar-refractivity contribution in [1.29, 1.82) is 0 Å². The molecule has 1 amide bonds. The number of nitrogens with two attached hydrogens (primary N) is 1. The van der Waals surface area contributed by atoms with E-state index in [0.29, 0.717) is 11.6 Å². The normalized spacial score (nSPS) is 25.8. The van der Waals surface area contributed by atoms with E-state index in [1.807, 2.05) is 4.90 Å². The SMILES string of the molecule is CCC1CN(C(=O)c2cscn2)CCC1N. The highest BCUT2D eigenvalue weighted by Crippen LogP contribution is 2.20. The molecule has 0 saturated carbocycles. The second-order valence-corrected chi connectivity index (χ2v) is 4.96. The van der Waals surface area contributed by atoms with Gasteiger partial charge in [-0.25, -0.2) is 4.98 Å². The highest BCUT2D eigenvalue weighted by atomic mass is 32.1. The van der Waals surface area contributed by atoms with Crippen LogP contribution in [-0.2, 0) is 0 Å². The summed E-state index contributed by atoms with van der Waals surface area (Å²) in [5, 5.41) is 1.80. The minimum absolute atomic E-state index is 0.0478. The first-order valence-corrected chi connectivity index (χ1v) is 6.59. The van der Waals surface area contributed by atoms with Gasteiger partial charge in [0.15, 0.2) is 0 Å². The van der Waals surface area contributed by atoms with E-state index >= 15 is 0 Å². The molecule has 2 heterocycles. The third-order valence-electron chi connectivity index (χ3n) is 3.26. The lowest BCUT2D eigenvalue weighted by molar-refractivity contribution is 0.0644. The molecule has 88 valence electrons. The molecule has 1 aliphatic rings. The van der Waals surface area contributed by atoms with Gasteiger partial charge in [-0.15, -0.1) is 11.3 Å². The standard InChI is InChI=1S/C11H17N3OS/c1-2-8-5-14(4-3-9(8)12)11(15)10-6-16-7-13-10/h6-9H,2-5,12H2,1H3. The van der Waals surface area contributed by atoms with Gasteiger partial charge in [-0.2, -0.15) is 0 Å². The van der Waals surface area contributed by atoms with Gasteiger partial charge < -0.3 is 10.6 Å². The average molecular weight is 239 g/mol. The number of hydrogen-bond donors (Lipinski definition) is 1. The Bertz CT molecular complexity index is 352. The number of amides is 1. The zero-order valence-corrected chi connectivity index (χ0v) is 10.2. The largest absolute Gasteiger partial charge is 0.337 e. The maximum atomic E-state index is 12.1. The summed E-state index contributed by atoms with van der Waals surface area (Å²) in [4.78, 5) is 18.0. The number of thiazole rings is 1. The van der Waals surface area contributed by atoms with Crippen LogP contribution in [0, 0.1) is 5.92 Å². The number of carbonyl (C=O) groups is 1. The number of hydrogen-bond acceptors (Lipinski definition) is 4. The monoisotopic (exact) mass is 239 g/mol. The maximum absolute atomic E-state index is 12.1. The Morgan fingerprint density at radius 2 is 2.56 bits per heavy atom. The van der Waals surface area contributed by atoms with Crippen LogP contribution in [0.2, 0.25) is 0 Å². The molecule has 4 nitrogen and oxygen atoms in total. The van der Waals surface area contributed by atoms with Gasteiger partial charge in [-0.1, -0.05) is 13.3 Å². The van der Waals surface area contributed by atoms with Crippen LogP contribution in [0.3, 0.4) is 0 Å². The fourth-order valence-corrected chi connectivity index (χ4v) is 2.67. The Morgan fingerprint density at radius 1 is 1.75 bits per heavy atom. The van der Waals surface area contributed by atoms with Crippen molar-refractivity contribution in [3.63, 3.8) is 0 Å². The topological polar surface area (TPSA) is 59.2 Å². The van der Waals surface area contributed by atoms with Crippen LogP contribution in [-0.4, -0.2) is 34.9 Å². The molecule has 5 heteroatoms. The molecule has 0 aliphatic carbocycles. The molecule has 0 bridgehead atoms. The average Bonchev–Trinajstić information content (AvgIpc) is 2.82. The van der Waals surface area contributed by atoms with E-state index in [0.717, 1.165) is 25.9 Å². The predicted octanol–water partition coefficient (Wildman–Crippen LogP) is 1.34. The Hall–Kier alpha value is -0.940. The van der Waals surface area contributed by atoms with Crippen molar-refractivity contribution in [2.24, 2.45) is 11.7 Å². The lowest BCUT2D eigenvalue weighted by atomic mass is 9.90. The first-order valence-electron chi connectivity index (χ1n) is 5.65. The second-order valence-electron chi connectivity index (χ2n) is 4.25. The molecule has 2 N–H and O–H groups in total. The molecule has 1 fully saturated rings. The molecule has 0 spiro atoms. The second kappa shape index (κ2) is 4.93. The quantitative estimate of drug-likeness (QED) is 0.847. The van der Waals surface area contributed by atoms with Gasteiger partial charge in [0.2, 0.25) is 0 Å². The van der Waals surface area contributed by atoms with Crippen molar-refractivity contribution in [2.45, 2.75) is 25.8 Å². The lowest BCUT2D eigenvalue weighted by Gasteiger charge is -2.36. The van der Waals surface area contributed by atoms with Gasteiger partial charge in [-0.3, -0.25) is 4.79 Å². The summed E-state index contributed by atoms with van der Waals surface area (Å²) in [5.41, 5.74) is 8.28. The third kappa shape index (κ3) is 2.25. The zero-order chi connectivity index (χ0) is 11.5. The zero-order valence-electron chi connectivity index (χ0n) is 9.43. The molecule has 0 aromatic carbocycles. The summed E-state index contributed by atoms with van der Waals surface area (Å²) in [7, 11) is 0. The summed E-state index contributed by atoms with van der Waals surface area (Å²) in [6, 6.07) is 0.240. The van der Waals surface area contributed by atoms with Gasteiger partial charge in [0, 0.05) is 24.5 Å². The van der Waals surface area contributed by atoms with Crippen molar-refractivity contribution in [2.75, 3.05) is 13.1 Å². The van der Waals surface area contributed by atoms with Crippen molar-refractivity contribution < 1.29 is 4.79 Å². The Balaban J connectivity index is 2.03. The van der Waals surface area contributed by atoms with Crippen LogP contribution in [0.4, 0.5) is 0 Å². The molecule has 2 atom stereocenters. The van der Waals surface area contributed by atoms with Crippen molar-refractivity contribution in [1.82, 2.24) is 9.88 Å². The van der Waals surface area contributed by atoms with Gasteiger partial charge in [0.25, 0.3) is 5.91 Å². The van der Waals surface area contributed by atoms with Gasteiger partial charge in [-0.05, 0) is 12.3 Å². The van der Waals surface area contributed by atoms with E-state index in [2.05, 4.69) is 11.9 Å². The molecule has 2 rings (SSSR count). The van der Waals surface area contributed by atoms with Crippen molar-refractivity contribution in [3.8, 4) is 0 Å². The Kier molecular flexibility index (Phi) is 3.56. The first kappa shape index (κ1) is 11.5. The van der Waals surface area contributed by atoms with Gasteiger partial charge >= 0.3 is 0 Å². The molecular weight excluding hydrogens is 222 g/mol. The fourth-order valence-electron chi connectivity index (χ4n) is 2.15. The highest BCUT2D eigenvalue weighted by Gasteiger charge is 2.29. The van der Waals surface area contributed by atoms with Crippen molar-refractivity contribution in [3.05, 3.63) is 16.6 Å². The first-order chi connectivity index (χ1) is 7.72. The molecule has 16 heavy (non-hydrogen) atoms. The number of aromatic nitrogens is 1. The smallest absolute Gasteiger partial charge is 0.273 e. The summed E-state index contributed by atoms with van der Waals surface area (Å²) >= 11 is 1.46. The van der Waals surface area contributed by atoms with E-state index in [4.69, 9.17) is 5.73 Å². The molecular formula is C11H17N3OS. The molecule has 1 aliphatic heterocycles. The van der Waals surface area contributed by atoms with E-state index in [1.54, 1.807) is 10.9 Å². The maximum Gasteiger partial charge on any atom is 0.273 e. The summed E-state index contributed by atoms with van der Waals surface area (Å²) < 4.78 is 0. The third-order valence-corrected chi connectivity index (χ3v) is 3.84. The van der Waals surface area contributed by atoms with E-state index in [9.17, 15) is 4.79 Å². The van der Waals surface area contributed by atoms with Crippen LogP contribution in [0.25, 0.3) is 0 Å². The molecule has 1 aromatic heterocycles. The summed E-state index contributed by atoms with van der Waals surface area (Å²) in [6.07, 6.45) is 1.93. The van der Waals surface area contributed by atoms with Crippen LogP contribution in [0.5, 0.6) is 0 Å².